The predicted molar refractivity (Wildman–Crippen MR) is 225 cm³/mol. The first-order valence-corrected chi connectivity index (χ1v) is 20.1. The number of halogens is 1. The SMILES string of the molecule is COC(=O)[C@@H](OC(C)(C)C)c1c(C)c(C)c2nc(-c3cccc(-c4c(O)cc(C)cc4F)c3)cn2c1N1CCC(C)(OCCOC[C@@H](C)OCc2ccccc2)CC1. The average Bonchev–Trinajstić information content (AvgIpc) is 3.63. The van der Waals surface area contributed by atoms with Gasteiger partial charge in [0.25, 0.3) is 0 Å². The normalized spacial score (nSPS) is 15.4. The molecule has 58 heavy (non-hydrogen) atoms. The van der Waals surface area contributed by atoms with Crippen molar-refractivity contribution in [3.8, 4) is 28.1 Å². The van der Waals surface area contributed by atoms with Crippen LogP contribution in [-0.2, 0) is 35.1 Å². The number of phenolic OH excluding ortho intramolecular Hbond substituents is 1. The van der Waals surface area contributed by atoms with Gasteiger partial charge in [-0.05, 0) is 114 Å². The Balaban J connectivity index is 1.27. The lowest BCUT2D eigenvalue weighted by Gasteiger charge is -2.42. The van der Waals surface area contributed by atoms with E-state index < -0.39 is 23.5 Å². The van der Waals surface area contributed by atoms with Crippen molar-refractivity contribution in [2.45, 2.75) is 98.2 Å². The Morgan fingerprint density at radius 1 is 0.966 bits per heavy atom. The van der Waals surface area contributed by atoms with Gasteiger partial charge in [0, 0.05) is 30.4 Å². The number of rotatable bonds is 15. The zero-order chi connectivity index (χ0) is 41.8. The first-order chi connectivity index (χ1) is 27.6. The van der Waals surface area contributed by atoms with Crippen molar-refractivity contribution in [2.75, 3.05) is 44.9 Å². The Hall–Kier alpha value is -4.81. The van der Waals surface area contributed by atoms with Gasteiger partial charge >= 0.3 is 5.97 Å². The van der Waals surface area contributed by atoms with Crippen LogP contribution in [0.1, 0.15) is 81.4 Å². The Labute approximate surface area is 341 Å². The number of benzene rings is 3. The number of aromatic hydroxyl groups is 1. The summed E-state index contributed by atoms with van der Waals surface area (Å²) in [5.74, 6) is -0.313. The monoisotopic (exact) mass is 795 g/mol. The molecule has 0 amide bonds. The summed E-state index contributed by atoms with van der Waals surface area (Å²) < 4.78 is 47.5. The fourth-order valence-corrected chi connectivity index (χ4v) is 7.57. The number of carbonyl (C=O) groups is 1. The Morgan fingerprint density at radius 2 is 1.67 bits per heavy atom. The molecule has 3 aromatic carbocycles. The lowest BCUT2D eigenvalue weighted by molar-refractivity contribution is -0.164. The molecule has 0 saturated carbocycles. The number of nitrogens with zero attached hydrogens (tertiary/aromatic N) is 3. The van der Waals surface area contributed by atoms with Gasteiger partial charge in [0.2, 0.25) is 0 Å². The summed E-state index contributed by atoms with van der Waals surface area (Å²) in [5, 5.41) is 10.7. The molecule has 6 rings (SSSR count). The smallest absolute Gasteiger partial charge is 0.339 e. The lowest BCUT2D eigenvalue weighted by atomic mass is 9.92. The molecule has 0 unspecified atom stereocenters. The number of aromatic nitrogens is 2. The number of carbonyl (C=O) groups excluding carboxylic acids is 1. The van der Waals surface area contributed by atoms with E-state index in [1.165, 1.54) is 13.2 Å². The summed E-state index contributed by atoms with van der Waals surface area (Å²) in [4.78, 5) is 21.1. The van der Waals surface area contributed by atoms with E-state index in [1.54, 1.807) is 19.1 Å². The van der Waals surface area contributed by atoms with Crippen LogP contribution < -0.4 is 4.90 Å². The molecule has 1 aliphatic rings. The van der Waals surface area contributed by atoms with Gasteiger partial charge in [-0.3, -0.25) is 4.40 Å². The highest BCUT2D eigenvalue weighted by atomic mass is 19.1. The molecule has 1 N–H and O–H groups in total. The summed E-state index contributed by atoms with van der Waals surface area (Å²) in [6.07, 6.45) is 2.37. The third-order valence-corrected chi connectivity index (χ3v) is 10.8. The maximum Gasteiger partial charge on any atom is 0.339 e. The van der Waals surface area contributed by atoms with E-state index in [1.807, 2.05) is 101 Å². The molecule has 5 aromatic rings. The van der Waals surface area contributed by atoms with Crippen LogP contribution in [0, 0.1) is 26.6 Å². The van der Waals surface area contributed by atoms with Crippen LogP contribution in [-0.4, -0.2) is 77.8 Å². The van der Waals surface area contributed by atoms with E-state index >= 15 is 4.39 Å². The summed E-state index contributed by atoms with van der Waals surface area (Å²) in [6, 6.07) is 20.4. The molecule has 1 aliphatic heterocycles. The number of hydrogen-bond acceptors (Lipinski definition) is 9. The molecule has 10 nitrogen and oxygen atoms in total. The van der Waals surface area contributed by atoms with E-state index in [-0.39, 0.29) is 23.0 Å². The number of piperidine rings is 1. The average molecular weight is 796 g/mol. The van der Waals surface area contributed by atoms with Crippen LogP contribution in [0.15, 0.2) is 72.9 Å². The van der Waals surface area contributed by atoms with Crippen LogP contribution >= 0.6 is 0 Å². The fraction of sp³-hybridized carbons (Fsp3) is 0.447. The standard InChI is InChI=1S/C47H58FN3O7/c1-30-24-37(48)41(39(52)25-30)36-17-13-16-35(26-36)38-27-51-43(49-38)33(4)32(3)40(42(45(53)54-9)58-46(5,6)7)44(51)50-20-18-47(8,19-21-50)57-23-22-55-28-31(2)56-29-34-14-11-10-12-15-34/h10-17,24-27,31,42,52H,18-23,28-29H2,1-9H3/t31-,42+/m1/s1. The number of anilines is 1. The fourth-order valence-electron chi connectivity index (χ4n) is 7.57. The molecule has 2 atom stereocenters. The second kappa shape index (κ2) is 18.0. The minimum atomic E-state index is -1.01. The molecule has 310 valence electrons. The van der Waals surface area contributed by atoms with Gasteiger partial charge < -0.3 is 33.7 Å². The molecule has 0 aliphatic carbocycles. The van der Waals surface area contributed by atoms with Gasteiger partial charge in [0.1, 0.15) is 23.0 Å². The minimum absolute atomic E-state index is 0.0451. The molecule has 2 aromatic heterocycles. The van der Waals surface area contributed by atoms with E-state index in [0.717, 1.165) is 52.1 Å². The molecular weight excluding hydrogens is 738 g/mol. The first-order valence-electron chi connectivity index (χ1n) is 20.1. The van der Waals surface area contributed by atoms with Gasteiger partial charge in [0.15, 0.2) is 6.10 Å². The number of imidazole rings is 1. The third kappa shape index (κ3) is 9.89. The quantitative estimate of drug-likeness (QED) is 0.0820. The summed E-state index contributed by atoms with van der Waals surface area (Å²) in [5.41, 5.74) is 6.02. The van der Waals surface area contributed by atoms with E-state index in [4.69, 9.17) is 28.7 Å². The van der Waals surface area contributed by atoms with Gasteiger partial charge in [-0.2, -0.15) is 0 Å². The second-order valence-corrected chi connectivity index (χ2v) is 16.6. The summed E-state index contributed by atoms with van der Waals surface area (Å²) in [6.45, 7) is 18.9. The number of hydrogen-bond donors (Lipinski definition) is 1. The number of phenols is 1. The zero-order valence-corrected chi connectivity index (χ0v) is 35.4. The van der Waals surface area contributed by atoms with Crippen LogP contribution in [0.25, 0.3) is 28.0 Å². The molecule has 0 spiro atoms. The molecular formula is C47H58FN3O7. The number of methoxy groups -OCH3 is 1. The van der Waals surface area contributed by atoms with Crippen molar-refractivity contribution < 1.29 is 38.0 Å². The third-order valence-electron chi connectivity index (χ3n) is 10.8. The maximum atomic E-state index is 15.2. The molecule has 0 radical (unpaired) electrons. The Bertz CT molecular complexity index is 2180. The van der Waals surface area contributed by atoms with Gasteiger partial charge in [-0.1, -0.05) is 48.5 Å². The number of aryl methyl sites for hydroxylation is 2. The molecule has 11 heteroatoms. The second-order valence-electron chi connectivity index (χ2n) is 16.6. The van der Waals surface area contributed by atoms with E-state index in [2.05, 4.69) is 11.8 Å². The first kappa shape index (κ1) is 42.8. The van der Waals surface area contributed by atoms with Crippen molar-refractivity contribution in [1.29, 1.82) is 0 Å². The van der Waals surface area contributed by atoms with Crippen molar-refractivity contribution in [3.05, 3.63) is 107 Å². The van der Waals surface area contributed by atoms with Crippen LogP contribution in [0.4, 0.5) is 10.2 Å². The van der Waals surface area contributed by atoms with E-state index in [0.29, 0.717) is 56.3 Å². The highest BCUT2D eigenvalue weighted by Crippen LogP contribution is 2.42. The van der Waals surface area contributed by atoms with Gasteiger partial charge in [0.05, 0.1) is 62.1 Å². The molecule has 3 heterocycles. The predicted octanol–water partition coefficient (Wildman–Crippen LogP) is 9.46. The largest absolute Gasteiger partial charge is 0.507 e. The summed E-state index contributed by atoms with van der Waals surface area (Å²) >= 11 is 0. The molecule has 1 fully saturated rings. The van der Waals surface area contributed by atoms with Crippen molar-refractivity contribution >= 4 is 17.4 Å². The van der Waals surface area contributed by atoms with Crippen LogP contribution in [0.5, 0.6) is 5.75 Å². The minimum Gasteiger partial charge on any atom is -0.507 e. The maximum absolute atomic E-state index is 15.2. The van der Waals surface area contributed by atoms with Crippen molar-refractivity contribution in [3.63, 3.8) is 0 Å². The zero-order valence-electron chi connectivity index (χ0n) is 35.4. The topological polar surface area (TPSA) is 104 Å². The Kier molecular flexibility index (Phi) is 13.3. The van der Waals surface area contributed by atoms with Crippen molar-refractivity contribution in [2.24, 2.45) is 0 Å². The molecule has 0 bridgehead atoms. The Morgan fingerprint density at radius 3 is 2.34 bits per heavy atom. The van der Waals surface area contributed by atoms with E-state index in [9.17, 15) is 9.90 Å². The highest BCUT2D eigenvalue weighted by Gasteiger charge is 2.38. The van der Waals surface area contributed by atoms with Gasteiger partial charge in [-0.15, -0.1) is 0 Å². The van der Waals surface area contributed by atoms with Crippen LogP contribution in [0.3, 0.4) is 0 Å². The molecule has 1 saturated heterocycles. The van der Waals surface area contributed by atoms with Crippen molar-refractivity contribution in [1.82, 2.24) is 9.38 Å². The van der Waals surface area contributed by atoms with Gasteiger partial charge in [-0.25, -0.2) is 14.2 Å². The lowest BCUT2D eigenvalue weighted by Crippen LogP contribution is -2.46. The number of pyridine rings is 1. The van der Waals surface area contributed by atoms with Crippen LogP contribution in [0.2, 0.25) is 0 Å². The number of ether oxygens (including phenoxy) is 5. The number of esters is 1. The number of fused-ring (bicyclic) bond motifs is 1. The highest BCUT2D eigenvalue weighted by molar-refractivity contribution is 5.82. The summed E-state index contributed by atoms with van der Waals surface area (Å²) in [7, 11) is 1.38.